The van der Waals surface area contributed by atoms with Crippen molar-refractivity contribution in [3.63, 3.8) is 0 Å². The van der Waals surface area contributed by atoms with Crippen molar-refractivity contribution >= 4 is 11.8 Å². The van der Waals surface area contributed by atoms with E-state index in [0.29, 0.717) is 34.9 Å². The Kier molecular flexibility index (Phi) is 3.68. The number of hydrogen-bond donors (Lipinski definition) is 0. The summed E-state index contributed by atoms with van der Waals surface area (Å²) in [5.41, 5.74) is 0.999. The second-order valence-corrected chi connectivity index (χ2v) is 5.64. The second-order valence-electron chi connectivity index (χ2n) is 4.65. The second kappa shape index (κ2) is 6.13. The smallest absolute Gasteiger partial charge is 0.220 e. The SMILES string of the molecule is N#Cc1cnc(Sc2nnnn2-c2ccc3c(c2)OCCO3)cn1. The Balaban J connectivity index is 1.63. The van der Waals surface area contributed by atoms with E-state index in [2.05, 4.69) is 25.5 Å². The van der Waals surface area contributed by atoms with Crippen molar-refractivity contribution in [2.75, 3.05) is 13.2 Å². The Labute approximate surface area is 140 Å². The molecule has 9 nitrogen and oxygen atoms in total. The monoisotopic (exact) mass is 339 g/mol. The molecular formula is C14H9N7O2S. The van der Waals surface area contributed by atoms with Gasteiger partial charge in [-0.05, 0) is 34.3 Å². The van der Waals surface area contributed by atoms with Gasteiger partial charge in [0.2, 0.25) is 5.16 Å². The van der Waals surface area contributed by atoms with E-state index in [0.717, 1.165) is 5.69 Å². The van der Waals surface area contributed by atoms with Crippen molar-refractivity contribution in [1.29, 1.82) is 5.26 Å². The van der Waals surface area contributed by atoms with E-state index in [1.54, 1.807) is 4.68 Å². The summed E-state index contributed by atoms with van der Waals surface area (Å²) in [7, 11) is 0. The van der Waals surface area contributed by atoms with Crippen LogP contribution in [-0.2, 0) is 0 Å². The predicted octanol–water partition coefficient (Wildman–Crippen LogP) is 1.25. The van der Waals surface area contributed by atoms with Crippen LogP contribution in [0.25, 0.3) is 5.69 Å². The quantitative estimate of drug-likeness (QED) is 0.695. The molecule has 1 aliphatic rings. The van der Waals surface area contributed by atoms with Gasteiger partial charge in [-0.15, -0.1) is 5.10 Å². The molecule has 0 saturated heterocycles. The van der Waals surface area contributed by atoms with E-state index in [1.807, 2.05) is 24.3 Å². The maximum absolute atomic E-state index is 8.76. The van der Waals surface area contributed by atoms with Gasteiger partial charge in [-0.25, -0.2) is 9.97 Å². The molecular weight excluding hydrogens is 330 g/mol. The molecule has 4 rings (SSSR count). The van der Waals surface area contributed by atoms with Crippen molar-refractivity contribution in [2.45, 2.75) is 10.2 Å². The molecule has 0 unspecified atom stereocenters. The Morgan fingerprint density at radius 1 is 1.12 bits per heavy atom. The number of hydrogen-bond acceptors (Lipinski definition) is 9. The summed E-state index contributed by atoms with van der Waals surface area (Å²) >= 11 is 1.24. The standard InChI is InChI=1S/C14H9N7O2S/c15-6-9-7-17-13(8-16-9)24-14-18-19-20-21(14)10-1-2-11-12(5-10)23-4-3-22-11/h1-2,5,7-8H,3-4H2. The molecule has 0 spiro atoms. The van der Waals surface area contributed by atoms with Crippen LogP contribution in [0.3, 0.4) is 0 Å². The van der Waals surface area contributed by atoms with E-state index in [9.17, 15) is 0 Å². The Morgan fingerprint density at radius 2 is 2.00 bits per heavy atom. The molecule has 1 aliphatic heterocycles. The molecule has 3 heterocycles. The zero-order valence-corrected chi connectivity index (χ0v) is 13.0. The molecule has 0 aliphatic carbocycles. The number of aromatic nitrogens is 6. The largest absolute Gasteiger partial charge is 0.486 e. The summed E-state index contributed by atoms with van der Waals surface area (Å²) in [5.74, 6) is 1.36. The summed E-state index contributed by atoms with van der Waals surface area (Å²) in [6, 6.07) is 7.41. The molecule has 2 aromatic heterocycles. The number of nitrogens with zero attached hydrogens (tertiary/aromatic N) is 7. The van der Waals surface area contributed by atoms with Crippen molar-refractivity contribution in [3.8, 4) is 23.3 Å². The third-order valence-corrected chi connectivity index (χ3v) is 4.01. The first-order valence-corrected chi connectivity index (χ1v) is 7.73. The van der Waals surface area contributed by atoms with Crippen LogP contribution in [-0.4, -0.2) is 43.4 Å². The molecule has 10 heteroatoms. The van der Waals surface area contributed by atoms with E-state index in [-0.39, 0.29) is 5.69 Å². The molecule has 0 atom stereocenters. The molecule has 0 radical (unpaired) electrons. The van der Waals surface area contributed by atoms with Crippen molar-refractivity contribution in [2.24, 2.45) is 0 Å². The fraction of sp³-hybridized carbons (Fsp3) is 0.143. The van der Waals surface area contributed by atoms with Crippen LogP contribution < -0.4 is 9.47 Å². The van der Waals surface area contributed by atoms with Gasteiger partial charge in [0.15, 0.2) is 17.2 Å². The highest BCUT2D eigenvalue weighted by molar-refractivity contribution is 7.99. The molecule has 24 heavy (non-hydrogen) atoms. The summed E-state index contributed by atoms with van der Waals surface area (Å²) in [4.78, 5) is 8.13. The minimum absolute atomic E-state index is 0.255. The van der Waals surface area contributed by atoms with Gasteiger partial charge in [-0.3, -0.25) is 0 Å². The summed E-state index contributed by atoms with van der Waals surface area (Å²) in [6.45, 7) is 1.05. The van der Waals surface area contributed by atoms with Gasteiger partial charge in [-0.1, -0.05) is 0 Å². The highest BCUT2D eigenvalue weighted by Crippen LogP contribution is 2.33. The van der Waals surface area contributed by atoms with Crippen LogP contribution in [0.1, 0.15) is 5.69 Å². The van der Waals surface area contributed by atoms with Crippen LogP contribution in [0.15, 0.2) is 40.8 Å². The molecule has 0 fully saturated rings. The fourth-order valence-electron chi connectivity index (χ4n) is 2.09. The van der Waals surface area contributed by atoms with E-state index in [1.165, 1.54) is 24.2 Å². The van der Waals surface area contributed by atoms with Gasteiger partial charge in [0.05, 0.1) is 18.1 Å². The molecule has 0 bridgehead atoms. The van der Waals surface area contributed by atoms with Crippen LogP contribution in [0.2, 0.25) is 0 Å². The maximum Gasteiger partial charge on any atom is 0.220 e. The first kappa shape index (κ1) is 14.4. The normalized spacial score (nSPS) is 12.6. The van der Waals surface area contributed by atoms with E-state index < -0.39 is 0 Å². The van der Waals surface area contributed by atoms with Crippen molar-refractivity contribution in [3.05, 3.63) is 36.3 Å². The van der Waals surface area contributed by atoms with Gasteiger partial charge >= 0.3 is 0 Å². The highest BCUT2D eigenvalue weighted by atomic mass is 32.2. The topological polar surface area (TPSA) is 112 Å². The number of nitriles is 1. The minimum Gasteiger partial charge on any atom is -0.486 e. The number of benzene rings is 1. The predicted molar refractivity (Wildman–Crippen MR) is 81.0 cm³/mol. The number of rotatable bonds is 3. The molecule has 3 aromatic rings. The summed E-state index contributed by atoms with van der Waals surface area (Å²) in [6.07, 6.45) is 2.91. The number of fused-ring (bicyclic) bond motifs is 1. The first-order valence-electron chi connectivity index (χ1n) is 6.92. The van der Waals surface area contributed by atoms with Crippen LogP contribution >= 0.6 is 11.8 Å². The molecule has 0 amide bonds. The average Bonchev–Trinajstić information content (AvgIpc) is 3.10. The summed E-state index contributed by atoms with van der Waals surface area (Å²) < 4.78 is 12.7. The Morgan fingerprint density at radius 3 is 2.79 bits per heavy atom. The lowest BCUT2D eigenvalue weighted by atomic mass is 10.2. The first-order chi connectivity index (χ1) is 11.8. The molecule has 1 aromatic carbocycles. The lowest BCUT2D eigenvalue weighted by Crippen LogP contribution is -2.15. The van der Waals surface area contributed by atoms with Crippen molar-refractivity contribution < 1.29 is 9.47 Å². The van der Waals surface area contributed by atoms with Crippen LogP contribution in [0.5, 0.6) is 11.5 Å². The van der Waals surface area contributed by atoms with Gasteiger partial charge in [0.25, 0.3) is 0 Å². The highest BCUT2D eigenvalue weighted by Gasteiger charge is 2.16. The number of tetrazole rings is 1. The zero-order chi connectivity index (χ0) is 16.4. The number of ether oxygens (including phenoxy) is 2. The Hall–Kier alpha value is -3.19. The van der Waals surface area contributed by atoms with Crippen LogP contribution in [0, 0.1) is 11.3 Å². The van der Waals surface area contributed by atoms with Crippen LogP contribution in [0.4, 0.5) is 0 Å². The van der Waals surface area contributed by atoms with Gasteiger partial charge in [-0.2, -0.15) is 9.94 Å². The summed E-state index contributed by atoms with van der Waals surface area (Å²) in [5, 5.41) is 21.6. The zero-order valence-electron chi connectivity index (χ0n) is 12.2. The molecule has 0 saturated carbocycles. The van der Waals surface area contributed by atoms with Gasteiger partial charge in [0, 0.05) is 6.07 Å². The third kappa shape index (κ3) is 2.72. The maximum atomic E-state index is 8.76. The third-order valence-electron chi connectivity index (χ3n) is 3.15. The van der Waals surface area contributed by atoms with E-state index in [4.69, 9.17) is 14.7 Å². The minimum atomic E-state index is 0.255. The molecule has 0 N–H and O–H groups in total. The van der Waals surface area contributed by atoms with Gasteiger partial charge < -0.3 is 9.47 Å². The lowest BCUT2D eigenvalue weighted by Gasteiger charge is -2.18. The Bertz CT molecular complexity index is 920. The lowest BCUT2D eigenvalue weighted by molar-refractivity contribution is 0.171. The fourth-order valence-corrected chi connectivity index (χ4v) is 2.79. The van der Waals surface area contributed by atoms with E-state index >= 15 is 0 Å². The van der Waals surface area contributed by atoms with Crippen molar-refractivity contribution in [1.82, 2.24) is 30.2 Å². The van der Waals surface area contributed by atoms with Gasteiger partial charge in [0.1, 0.15) is 24.3 Å². The molecule has 118 valence electrons. The average molecular weight is 339 g/mol.